The zero-order valence-electron chi connectivity index (χ0n) is 10.9. The fourth-order valence-corrected chi connectivity index (χ4v) is 2.39. The molecule has 0 aromatic carbocycles. The van der Waals surface area contributed by atoms with Gasteiger partial charge < -0.3 is 5.73 Å². The Balaban J connectivity index is 2.24. The van der Waals surface area contributed by atoms with Gasteiger partial charge in [-0.25, -0.2) is 4.79 Å². The van der Waals surface area contributed by atoms with Gasteiger partial charge in [-0.05, 0) is 19.4 Å². The van der Waals surface area contributed by atoms with Crippen molar-refractivity contribution in [1.82, 2.24) is 14.0 Å². The number of piperidine rings is 1. The van der Waals surface area contributed by atoms with Crippen LogP contribution in [0.15, 0.2) is 15.7 Å². The number of rotatable bonds is 2. The topological polar surface area (TPSA) is 73.3 Å². The lowest BCUT2D eigenvalue weighted by Gasteiger charge is -2.30. The second-order valence-electron chi connectivity index (χ2n) is 5.01. The van der Waals surface area contributed by atoms with Crippen molar-refractivity contribution in [2.45, 2.75) is 25.4 Å². The van der Waals surface area contributed by atoms with Gasteiger partial charge in [0.25, 0.3) is 5.56 Å². The first-order chi connectivity index (χ1) is 8.49. The first-order valence-electron chi connectivity index (χ1n) is 6.23. The summed E-state index contributed by atoms with van der Waals surface area (Å²) < 4.78 is 2.65. The highest BCUT2D eigenvalue weighted by Gasteiger charge is 2.18. The van der Waals surface area contributed by atoms with Crippen LogP contribution in [0.1, 0.15) is 18.5 Å². The van der Waals surface area contributed by atoms with E-state index in [1.54, 1.807) is 7.05 Å². The zero-order valence-corrected chi connectivity index (χ0v) is 10.9. The first kappa shape index (κ1) is 13.0. The molecule has 0 saturated carbocycles. The molecule has 2 rings (SSSR count). The van der Waals surface area contributed by atoms with Crippen molar-refractivity contribution < 1.29 is 0 Å². The van der Waals surface area contributed by atoms with E-state index in [-0.39, 0.29) is 17.3 Å². The van der Waals surface area contributed by atoms with Gasteiger partial charge in [-0.3, -0.25) is 18.8 Å². The van der Waals surface area contributed by atoms with E-state index in [0.29, 0.717) is 6.54 Å². The molecule has 1 aliphatic rings. The standard InChI is InChI=1S/C12H20N4O2/c1-14-10(6-11(17)15(2)12(14)18)8-16-5-3-4-9(13)7-16/h6,9H,3-5,7-8,13H2,1-2H3. The molecule has 6 nitrogen and oxygen atoms in total. The average Bonchev–Trinajstić information content (AvgIpc) is 2.33. The van der Waals surface area contributed by atoms with Crippen LogP contribution in [0.2, 0.25) is 0 Å². The van der Waals surface area contributed by atoms with Crippen LogP contribution in [0.5, 0.6) is 0 Å². The van der Waals surface area contributed by atoms with Crippen LogP contribution in [-0.4, -0.2) is 33.2 Å². The summed E-state index contributed by atoms with van der Waals surface area (Å²) in [7, 11) is 3.19. The van der Waals surface area contributed by atoms with Crippen molar-refractivity contribution in [1.29, 1.82) is 0 Å². The zero-order chi connectivity index (χ0) is 13.3. The van der Waals surface area contributed by atoms with E-state index in [1.807, 2.05) is 0 Å². The molecule has 1 aromatic heterocycles. The van der Waals surface area contributed by atoms with Gasteiger partial charge >= 0.3 is 5.69 Å². The highest BCUT2D eigenvalue weighted by Crippen LogP contribution is 2.10. The van der Waals surface area contributed by atoms with Gasteiger partial charge in [0, 0.05) is 45.0 Å². The molecular formula is C12H20N4O2. The Morgan fingerprint density at radius 1 is 1.33 bits per heavy atom. The predicted octanol–water partition coefficient (Wildman–Crippen LogP) is -0.993. The largest absolute Gasteiger partial charge is 0.330 e. The number of nitrogens with zero attached hydrogens (tertiary/aromatic N) is 3. The van der Waals surface area contributed by atoms with Crippen LogP contribution < -0.4 is 17.0 Å². The van der Waals surface area contributed by atoms with Crippen LogP contribution in [0, 0.1) is 0 Å². The summed E-state index contributed by atoms with van der Waals surface area (Å²) in [6.45, 7) is 2.40. The Morgan fingerprint density at radius 3 is 2.72 bits per heavy atom. The van der Waals surface area contributed by atoms with Gasteiger partial charge in [0.05, 0.1) is 0 Å². The third-order valence-electron chi connectivity index (χ3n) is 3.55. The summed E-state index contributed by atoms with van der Waals surface area (Å²) >= 11 is 0. The van der Waals surface area contributed by atoms with Gasteiger partial charge in [-0.2, -0.15) is 0 Å². The molecule has 6 heteroatoms. The maximum atomic E-state index is 11.8. The molecule has 0 bridgehead atoms. The van der Waals surface area contributed by atoms with Crippen LogP contribution >= 0.6 is 0 Å². The lowest BCUT2D eigenvalue weighted by molar-refractivity contribution is 0.196. The summed E-state index contributed by atoms with van der Waals surface area (Å²) in [5.74, 6) is 0. The minimum absolute atomic E-state index is 0.197. The minimum atomic E-state index is -0.279. The Labute approximate surface area is 106 Å². The maximum Gasteiger partial charge on any atom is 0.330 e. The summed E-state index contributed by atoms with van der Waals surface area (Å²) in [5.41, 5.74) is 6.14. The molecule has 1 saturated heterocycles. The highest BCUT2D eigenvalue weighted by molar-refractivity contribution is 5.02. The molecule has 1 aliphatic heterocycles. The molecule has 1 atom stereocenters. The van der Waals surface area contributed by atoms with Gasteiger partial charge in [0.15, 0.2) is 0 Å². The molecule has 2 N–H and O–H groups in total. The quantitative estimate of drug-likeness (QED) is 0.733. The predicted molar refractivity (Wildman–Crippen MR) is 69.4 cm³/mol. The SMILES string of the molecule is Cn1c(CN2CCCC(N)C2)cc(=O)n(C)c1=O. The van der Waals surface area contributed by atoms with Crippen molar-refractivity contribution >= 4 is 0 Å². The minimum Gasteiger partial charge on any atom is -0.327 e. The van der Waals surface area contributed by atoms with Crippen LogP contribution in [0.3, 0.4) is 0 Å². The van der Waals surface area contributed by atoms with E-state index < -0.39 is 0 Å². The van der Waals surface area contributed by atoms with Crippen molar-refractivity contribution in [3.63, 3.8) is 0 Å². The normalized spacial score (nSPS) is 21.2. The Kier molecular flexibility index (Phi) is 3.68. The van der Waals surface area contributed by atoms with E-state index in [4.69, 9.17) is 5.73 Å². The summed E-state index contributed by atoms with van der Waals surface area (Å²) in [4.78, 5) is 25.6. The molecule has 18 heavy (non-hydrogen) atoms. The molecule has 0 radical (unpaired) electrons. The molecular weight excluding hydrogens is 232 g/mol. The van der Waals surface area contributed by atoms with E-state index in [1.165, 1.54) is 17.7 Å². The Bertz CT molecular complexity index is 546. The van der Waals surface area contributed by atoms with E-state index in [2.05, 4.69) is 4.90 Å². The third-order valence-corrected chi connectivity index (χ3v) is 3.55. The van der Waals surface area contributed by atoms with E-state index >= 15 is 0 Å². The lowest BCUT2D eigenvalue weighted by atomic mass is 10.1. The maximum absolute atomic E-state index is 11.8. The van der Waals surface area contributed by atoms with Crippen molar-refractivity contribution in [2.24, 2.45) is 19.8 Å². The fourth-order valence-electron chi connectivity index (χ4n) is 2.39. The molecule has 1 fully saturated rings. The van der Waals surface area contributed by atoms with Crippen LogP contribution in [0.4, 0.5) is 0 Å². The number of likely N-dealkylation sites (tertiary alicyclic amines) is 1. The molecule has 1 unspecified atom stereocenters. The summed E-state index contributed by atoms with van der Waals surface area (Å²) in [6, 6.07) is 1.73. The number of nitrogens with two attached hydrogens (primary N) is 1. The summed E-state index contributed by atoms with van der Waals surface area (Å²) in [5, 5.41) is 0. The lowest BCUT2D eigenvalue weighted by Crippen LogP contribution is -2.44. The third kappa shape index (κ3) is 2.54. The number of hydrogen-bond acceptors (Lipinski definition) is 4. The van der Waals surface area contributed by atoms with Gasteiger partial charge in [0.1, 0.15) is 0 Å². The van der Waals surface area contributed by atoms with Crippen LogP contribution in [0.25, 0.3) is 0 Å². The molecule has 0 amide bonds. The number of hydrogen-bond donors (Lipinski definition) is 1. The van der Waals surface area contributed by atoms with Gasteiger partial charge in [0.2, 0.25) is 0 Å². The fraction of sp³-hybridized carbons (Fsp3) is 0.667. The van der Waals surface area contributed by atoms with Crippen molar-refractivity contribution in [3.8, 4) is 0 Å². The van der Waals surface area contributed by atoms with Crippen LogP contribution in [-0.2, 0) is 20.6 Å². The molecule has 100 valence electrons. The molecule has 0 spiro atoms. The van der Waals surface area contributed by atoms with Gasteiger partial charge in [-0.1, -0.05) is 0 Å². The van der Waals surface area contributed by atoms with Crippen molar-refractivity contribution in [3.05, 3.63) is 32.6 Å². The Hall–Kier alpha value is -1.40. The second-order valence-corrected chi connectivity index (χ2v) is 5.01. The average molecular weight is 252 g/mol. The monoisotopic (exact) mass is 252 g/mol. The molecule has 2 heterocycles. The Morgan fingerprint density at radius 2 is 2.06 bits per heavy atom. The highest BCUT2D eigenvalue weighted by atomic mass is 16.2. The summed E-state index contributed by atoms with van der Waals surface area (Å²) in [6.07, 6.45) is 2.12. The van der Waals surface area contributed by atoms with Crippen molar-refractivity contribution in [2.75, 3.05) is 13.1 Å². The molecule has 1 aromatic rings. The van der Waals surface area contributed by atoms with E-state index in [9.17, 15) is 9.59 Å². The number of aromatic nitrogens is 2. The second kappa shape index (κ2) is 5.07. The van der Waals surface area contributed by atoms with E-state index in [0.717, 1.165) is 36.2 Å². The smallest absolute Gasteiger partial charge is 0.327 e. The first-order valence-corrected chi connectivity index (χ1v) is 6.23. The van der Waals surface area contributed by atoms with Gasteiger partial charge in [-0.15, -0.1) is 0 Å². The molecule has 0 aliphatic carbocycles.